The predicted molar refractivity (Wildman–Crippen MR) is 68.0 cm³/mol. The number of halogens is 3. The second-order valence-electron chi connectivity index (χ2n) is 5.34. The van der Waals surface area contributed by atoms with Gasteiger partial charge in [-0.2, -0.15) is 13.2 Å². The fourth-order valence-electron chi connectivity index (χ4n) is 2.73. The second kappa shape index (κ2) is 5.42. The van der Waals surface area contributed by atoms with E-state index in [0.29, 0.717) is 38.7 Å². The van der Waals surface area contributed by atoms with E-state index in [0.717, 1.165) is 18.9 Å². The molecule has 3 rings (SSSR count). The molecule has 0 bridgehead atoms. The molecule has 1 aromatic heterocycles. The SMILES string of the molecule is FC(F)(F)c1ccc(N2CCOC3(CCOCC3)C2)nn1. The summed E-state index contributed by atoms with van der Waals surface area (Å²) in [5, 5.41) is 6.99. The molecule has 0 aromatic carbocycles. The molecule has 0 radical (unpaired) electrons. The molecule has 0 aliphatic carbocycles. The molecule has 0 N–H and O–H groups in total. The molecule has 1 spiro atoms. The molecule has 0 saturated carbocycles. The zero-order valence-electron chi connectivity index (χ0n) is 11.4. The minimum atomic E-state index is -4.46. The summed E-state index contributed by atoms with van der Waals surface area (Å²) < 4.78 is 48.7. The first kappa shape index (κ1) is 14.5. The lowest BCUT2D eigenvalue weighted by atomic mass is 9.92. The molecule has 2 aliphatic rings. The number of aromatic nitrogens is 2. The highest BCUT2D eigenvalue weighted by Gasteiger charge is 2.39. The van der Waals surface area contributed by atoms with Gasteiger partial charge in [-0.25, -0.2) is 0 Å². The highest BCUT2D eigenvalue weighted by molar-refractivity contribution is 5.39. The number of morpholine rings is 1. The van der Waals surface area contributed by atoms with Gasteiger partial charge in [0, 0.05) is 39.1 Å². The number of anilines is 1. The average Bonchev–Trinajstić information content (AvgIpc) is 2.47. The zero-order valence-corrected chi connectivity index (χ0v) is 11.4. The molecular formula is C13H16F3N3O2. The third kappa shape index (κ3) is 3.11. The number of alkyl halides is 3. The Hall–Kier alpha value is -1.41. The Balaban J connectivity index is 1.74. The van der Waals surface area contributed by atoms with E-state index >= 15 is 0 Å². The zero-order chi connectivity index (χ0) is 14.9. The van der Waals surface area contributed by atoms with Crippen molar-refractivity contribution in [3.63, 3.8) is 0 Å². The molecule has 2 fully saturated rings. The van der Waals surface area contributed by atoms with Crippen LogP contribution < -0.4 is 4.90 Å². The predicted octanol–water partition coefficient (Wildman–Crippen LogP) is 1.88. The Morgan fingerprint density at radius 2 is 1.86 bits per heavy atom. The van der Waals surface area contributed by atoms with Gasteiger partial charge >= 0.3 is 6.18 Å². The molecule has 0 unspecified atom stereocenters. The summed E-state index contributed by atoms with van der Waals surface area (Å²) in [6, 6.07) is 2.34. The van der Waals surface area contributed by atoms with Gasteiger partial charge in [0.1, 0.15) is 0 Å². The van der Waals surface area contributed by atoms with E-state index in [1.54, 1.807) is 0 Å². The van der Waals surface area contributed by atoms with E-state index in [1.165, 1.54) is 6.07 Å². The Morgan fingerprint density at radius 3 is 2.48 bits per heavy atom. The summed E-state index contributed by atoms with van der Waals surface area (Å²) in [5.74, 6) is 0.456. The molecule has 3 heterocycles. The minimum absolute atomic E-state index is 0.277. The Morgan fingerprint density at radius 1 is 1.10 bits per heavy atom. The maximum atomic E-state index is 12.5. The van der Waals surface area contributed by atoms with Crippen LogP contribution in [0.2, 0.25) is 0 Å². The van der Waals surface area contributed by atoms with Gasteiger partial charge in [-0.1, -0.05) is 0 Å². The van der Waals surface area contributed by atoms with Crippen molar-refractivity contribution in [3.05, 3.63) is 17.8 Å². The van der Waals surface area contributed by atoms with Gasteiger partial charge in [0.15, 0.2) is 11.5 Å². The molecule has 2 saturated heterocycles. The number of hydrogen-bond acceptors (Lipinski definition) is 5. The van der Waals surface area contributed by atoms with E-state index in [4.69, 9.17) is 9.47 Å². The Labute approximate surface area is 120 Å². The molecule has 1 aromatic rings. The largest absolute Gasteiger partial charge is 0.435 e. The van der Waals surface area contributed by atoms with Gasteiger partial charge in [0.05, 0.1) is 12.2 Å². The lowest BCUT2D eigenvalue weighted by Gasteiger charge is -2.45. The summed E-state index contributed by atoms with van der Waals surface area (Å²) in [4.78, 5) is 1.93. The lowest BCUT2D eigenvalue weighted by molar-refractivity contribution is -0.141. The van der Waals surface area contributed by atoms with Gasteiger partial charge in [0.25, 0.3) is 0 Å². The van der Waals surface area contributed by atoms with E-state index in [1.807, 2.05) is 4.90 Å². The van der Waals surface area contributed by atoms with Crippen molar-refractivity contribution in [2.75, 3.05) is 37.8 Å². The van der Waals surface area contributed by atoms with Gasteiger partial charge < -0.3 is 14.4 Å². The molecule has 5 nitrogen and oxygen atoms in total. The van der Waals surface area contributed by atoms with Gasteiger partial charge in [-0.3, -0.25) is 0 Å². The monoisotopic (exact) mass is 303 g/mol. The first-order valence-corrected chi connectivity index (χ1v) is 6.86. The highest BCUT2D eigenvalue weighted by atomic mass is 19.4. The Bertz CT molecular complexity index is 481. The van der Waals surface area contributed by atoms with Crippen molar-refractivity contribution in [2.45, 2.75) is 24.6 Å². The van der Waals surface area contributed by atoms with Crippen LogP contribution in [0, 0.1) is 0 Å². The summed E-state index contributed by atoms with van der Waals surface area (Å²) in [7, 11) is 0. The van der Waals surface area contributed by atoms with Crippen LogP contribution in [0.5, 0.6) is 0 Å². The molecule has 0 atom stereocenters. The average molecular weight is 303 g/mol. The molecule has 0 amide bonds. The Kier molecular flexibility index (Phi) is 3.75. The van der Waals surface area contributed by atoms with E-state index in [9.17, 15) is 13.2 Å². The van der Waals surface area contributed by atoms with Crippen LogP contribution in [0.1, 0.15) is 18.5 Å². The number of nitrogens with zero attached hydrogens (tertiary/aromatic N) is 3. The van der Waals surface area contributed by atoms with Crippen LogP contribution in [0.4, 0.5) is 19.0 Å². The smallest absolute Gasteiger partial charge is 0.381 e. The van der Waals surface area contributed by atoms with Gasteiger partial charge in [-0.05, 0) is 12.1 Å². The first-order chi connectivity index (χ1) is 9.99. The van der Waals surface area contributed by atoms with Crippen LogP contribution in [0.3, 0.4) is 0 Å². The van der Waals surface area contributed by atoms with Gasteiger partial charge in [0.2, 0.25) is 0 Å². The number of ether oxygens (including phenoxy) is 2. The highest BCUT2D eigenvalue weighted by Crippen LogP contribution is 2.32. The van der Waals surface area contributed by atoms with Crippen molar-refractivity contribution < 1.29 is 22.6 Å². The molecule has 116 valence electrons. The first-order valence-electron chi connectivity index (χ1n) is 6.86. The van der Waals surface area contributed by atoms with Crippen molar-refractivity contribution in [1.29, 1.82) is 0 Å². The van der Waals surface area contributed by atoms with E-state index < -0.39 is 11.9 Å². The van der Waals surface area contributed by atoms with Crippen LogP contribution in [-0.2, 0) is 15.7 Å². The third-order valence-electron chi connectivity index (χ3n) is 3.92. The van der Waals surface area contributed by atoms with E-state index in [2.05, 4.69) is 10.2 Å². The second-order valence-corrected chi connectivity index (χ2v) is 5.34. The van der Waals surface area contributed by atoms with Crippen LogP contribution >= 0.6 is 0 Å². The fraction of sp³-hybridized carbons (Fsp3) is 0.692. The van der Waals surface area contributed by atoms with E-state index in [-0.39, 0.29) is 5.60 Å². The fourth-order valence-corrected chi connectivity index (χ4v) is 2.73. The number of rotatable bonds is 1. The minimum Gasteiger partial charge on any atom is -0.381 e. The quantitative estimate of drug-likeness (QED) is 0.793. The van der Waals surface area contributed by atoms with Crippen LogP contribution in [0.25, 0.3) is 0 Å². The standard InChI is InChI=1S/C13H16F3N3O2/c14-13(15,16)10-1-2-11(18-17-10)19-5-8-21-12(9-19)3-6-20-7-4-12/h1-2H,3-9H2. The summed E-state index contributed by atoms with van der Waals surface area (Å²) in [6.07, 6.45) is -2.88. The molecule has 2 aliphatic heterocycles. The molecule has 21 heavy (non-hydrogen) atoms. The lowest BCUT2D eigenvalue weighted by Crippen LogP contribution is -2.54. The summed E-state index contributed by atoms with van der Waals surface area (Å²) in [6.45, 7) is 3.03. The van der Waals surface area contributed by atoms with Gasteiger partial charge in [-0.15, -0.1) is 10.2 Å². The van der Waals surface area contributed by atoms with Crippen LogP contribution in [-0.4, -0.2) is 48.7 Å². The topological polar surface area (TPSA) is 47.5 Å². The van der Waals surface area contributed by atoms with Crippen molar-refractivity contribution in [1.82, 2.24) is 10.2 Å². The van der Waals surface area contributed by atoms with Crippen LogP contribution in [0.15, 0.2) is 12.1 Å². The summed E-state index contributed by atoms with van der Waals surface area (Å²) in [5.41, 5.74) is -1.25. The molecular weight excluding hydrogens is 287 g/mol. The normalized spacial score (nSPS) is 22.5. The summed E-state index contributed by atoms with van der Waals surface area (Å²) >= 11 is 0. The van der Waals surface area contributed by atoms with Crippen molar-refractivity contribution >= 4 is 5.82 Å². The maximum Gasteiger partial charge on any atom is 0.435 e. The molecule has 8 heteroatoms. The maximum absolute atomic E-state index is 12.5. The third-order valence-corrected chi connectivity index (χ3v) is 3.92. The van der Waals surface area contributed by atoms with Crippen molar-refractivity contribution in [3.8, 4) is 0 Å². The number of hydrogen-bond donors (Lipinski definition) is 0. The van der Waals surface area contributed by atoms with Crippen molar-refractivity contribution in [2.24, 2.45) is 0 Å².